The summed E-state index contributed by atoms with van der Waals surface area (Å²) in [6.07, 6.45) is 4.15. The van der Waals surface area contributed by atoms with Crippen LogP contribution in [0, 0.1) is 0 Å². The van der Waals surface area contributed by atoms with E-state index in [1.165, 1.54) is 11.8 Å². The van der Waals surface area contributed by atoms with Crippen LogP contribution in [-0.2, 0) is 4.74 Å². The van der Waals surface area contributed by atoms with Crippen molar-refractivity contribution in [1.29, 1.82) is 0 Å². The minimum Gasteiger partial charge on any atom is -0.473 e. The molecule has 74 valence electrons. The molecular weight excluding hydrogens is 148 g/mol. The monoisotopic (exact) mass is 172 g/mol. The summed E-state index contributed by atoms with van der Waals surface area (Å²) >= 11 is 0. The maximum absolute atomic E-state index is 4.79. The number of rotatable bonds is 3. The van der Waals surface area contributed by atoms with Crippen LogP contribution < -0.4 is 0 Å². The van der Waals surface area contributed by atoms with E-state index >= 15 is 0 Å². The minimum atomic E-state index is 1.04. The van der Waals surface area contributed by atoms with E-state index in [1.54, 1.807) is 6.26 Å². The van der Waals surface area contributed by atoms with Crippen molar-refractivity contribution < 1.29 is 4.74 Å². The number of allylic oxidation sites excluding steroid dienone is 1. The van der Waals surface area contributed by atoms with E-state index < -0.39 is 0 Å². The van der Waals surface area contributed by atoms with Crippen LogP contribution in [0.15, 0.2) is 24.7 Å². The minimum absolute atomic E-state index is 1.04. The summed E-state index contributed by atoms with van der Waals surface area (Å²) < 4.78 is 4.79. The van der Waals surface area contributed by atoms with Crippen molar-refractivity contribution in [3.63, 3.8) is 0 Å². The second-order valence-electron chi connectivity index (χ2n) is 1.62. The largest absolute Gasteiger partial charge is 0.473 e. The van der Waals surface area contributed by atoms with Gasteiger partial charge in [-0.15, -0.1) is 0 Å². The first-order valence-electron chi connectivity index (χ1n) is 4.73. The summed E-state index contributed by atoms with van der Waals surface area (Å²) in [5.74, 6) is 0. The Morgan fingerprint density at radius 3 is 1.92 bits per heavy atom. The Kier molecular flexibility index (Phi) is 32.5. The molecule has 0 rings (SSSR count). The Balaban J connectivity index is -0.000000175. The van der Waals surface area contributed by atoms with Gasteiger partial charge in [-0.25, -0.2) is 0 Å². The van der Waals surface area contributed by atoms with Crippen LogP contribution in [0.1, 0.15) is 48.0 Å². The molecule has 0 saturated heterocycles. The van der Waals surface area contributed by atoms with E-state index in [0.717, 1.165) is 6.42 Å². The lowest BCUT2D eigenvalue weighted by Gasteiger charge is -1.91. The zero-order valence-electron chi connectivity index (χ0n) is 9.48. The summed E-state index contributed by atoms with van der Waals surface area (Å²) in [6.45, 7) is 15.5. The summed E-state index contributed by atoms with van der Waals surface area (Å²) in [6, 6.07) is 0. The van der Waals surface area contributed by atoms with Gasteiger partial charge in [0.05, 0.1) is 12.5 Å². The lowest BCUT2D eigenvalue weighted by atomic mass is 10.3. The lowest BCUT2D eigenvalue weighted by Crippen LogP contribution is -1.71. The summed E-state index contributed by atoms with van der Waals surface area (Å²) in [7, 11) is 0. The van der Waals surface area contributed by atoms with Gasteiger partial charge in [0.15, 0.2) is 0 Å². The topological polar surface area (TPSA) is 9.23 Å². The molecule has 1 nitrogen and oxygen atoms in total. The molecule has 0 unspecified atom stereocenters. The molecule has 0 fully saturated rings. The molecule has 0 N–H and O–H groups in total. The predicted octanol–water partition coefficient (Wildman–Crippen LogP) is 4.51. The zero-order valence-corrected chi connectivity index (χ0v) is 9.48. The van der Waals surface area contributed by atoms with Gasteiger partial charge in [0.2, 0.25) is 0 Å². The first-order valence-corrected chi connectivity index (χ1v) is 4.73. The molecule has 0 aromatic heterocycles. The molecule has 0 aromatic carbocycles. The number of ether oxygens (including phenoxy) is 1. The van der Waals surface area contributed by atoms with Gasteiger partial charge in [-0.2, -0.15) is 0 Å². The van der Waals surface area contributed by atoms with Crippen molar-refractivity contribution in [3.8, 4) is 0 Å². The molecule has 0 saturated carbocycles. The summed E-state index contributed by atoms with van der Waals surface area (Å²) in [5, 5.41) is 0. The smallest absolute Gasteiger partial charge is 0.0890 e. The molecule has 0 radical (unpaired) electrons. The van der Waals surface area contributed by atoms with Crippen LogP contribution in [0.2, 0.25) is 0 Å². The van der Waals surface area contributed by atoms with E-state index in [-0.39, 0.29) is 0 Å². The maximum atomic E-state index is 4.79. The highest BCUT2D eigenvalue weighted by molar-refractivity contribution is 4.91. The van der Waals surface area contributed by atoms with E-state index in [4.69, 9.17) is 4.74 Å². The first-order chi connectivity index (χ1) is 5.81. The van der Waals surface area contributed by atoms with Crippen LogP contribution >= 0.6 is 0 Å². The highest BCUT2D eigenvalue weighted by Crippen LogP contribution is 1.96. The summed E-state index contributed by atoms with van der Waals surface area (Å²) in [5.41, 5.74) is 1.23. The average molecular weight is 172 g/mol. The van der Waals surface area contributed by atoms with E-state index in [9.17, 15) is 0 Å². The van der Waals surface area contributed by atoms with E-state index in [2.05, 4.69) is 13.5 Å². The third-order valence-electron chi connectivity index (χ3n) is 0.923. The molecule has 0 amide bonds. The molecule has 1 heteroatoms. The Labute approximate surface area is 78.1 Å². The fourth-order valence-corrected chi connectivity index (χ4v) is 0.248. The van der Waals surface area contributed by atoms with Crippen molar-refractivity contribution in [1.82, 2.24) is 0 Å². The first kappa shape index (κ1) is 17.4. The Morgan fingerprint density at radius 1 is 1.25 bits per heavy atom. The molecule has 0 aliphatic heterocycles. The third kappa shape index (κ3) is 22.8. The Hall–Kier alpha value is -0.720. The third-order valence-corrected chi connectivity index (χ3v) is 0.923. The highest BCUT2D eigenvalue weighted by Gasteiger charge is 1.78. The molecule has 0 heterocycles. The van der Waals surface area contributed by atoms with Crippen LogP contribution in [0.3, 0.4) is 0 Å². The Morgan fingerprint density at radius 2 is 1.67 bits per heavy atom. The van der Waals surface area contributed by atoms with Crippen molar-refractivity contribution in [2.24, 2.45) is 0 Å². The van der Waals surface area contributed by atoms with Crippen molar-refractivity contribution in [3.05, 3.63) is 24.7 Å². The number of hydrogen-bond acceptors (Lipinski definition) is 1. The van der Waals surface area contributed by atoms with Gasteiger partial charge >= 0.3 is 0 Å². The van der Waals surface area contributed by atoms with Gasteiger partial charge in [-0.3, -0.25) is 0 Å². The molecule has 0 atom stereocenters. The molecule has 0 spiro atoms. The van der Waals surface area contributed by atoms with Gasteiger partial charge in [-0.1, -0.05) is 41.2 Å². The maximum Gasteiger partial charge on any atom is 0.0890 e. The molecule has 0 aliphatic rings. The SMILES string of the molecule is C=CO/C=C(/C)CC.CC.CC. The van der Waals surface area contributed by atoms with Crippen molar-refractivity contribution >= 4 is 0 Å². The van der Waals surface area contributed by atoms with Crippen LogP contribution in [-0.4, -0.2) is 0 Å². The predicted molar refractivity (Wildman–Crippen MR) is 58.0 cm³/mol. The quantitative estimate of drug-likeness (QED) is 0.569. The van der Waals surface area contributed by atoms with Gasteiger partial charge < -0.3 is 4.74 Å². The van der Waals surface area contributed by atoms with Crippen LogP contribution in [0.25, 0.3) is 0 Å². The molecule has 0 aliphatic carbocycles. The molecule has 0 aromatic rings. The van der Waals surface area contributed by atoms with Crippen LogP contribution in [0.5, 0.6) is 0 Å². The van der Waals surface area contributed by atoms with E-state index in [1.807, 2.05) is 34.6 Å². The van der Waals surface area contributed by atoms with Gasteiger partial charge in [-0.05, 0) is 18.9 Å². The Bertz CT molecular complexity index is 93.2. The fourth-order valence-electron chi connectivity index (χ4n) is 0.248. The highest BCUT2D eigenvalue weighted by atomic mass is 16.5. The van der Waals surface area contributed by atoms with E-state index in [0.29, 0.717) is 0 Å². The normalized spacial score (nSPS) is 8.33. The van der Waals surface area contributed by atoms with Gasteiger partial charge in [0.1, 0.15) is 0 Å². The van der Waals surface area contributed by atoms with Gasteiger partial charge in [0.25, 0.3) is 0 Å². The summed E-state index contributed by atoms with van der Waals surface area (Å²) in [4.78, 5) is 0. The second kappa shape index (κ2) is 22.4. The van der Waals surface area contributed by atoms with Crippen LogP contribution in [0.4, 0.5) is 0 Å². The lowest BCUT2D eigenvalue weighted by molar-refractivity contribution is 0.398. The molecule has 12 heavy (non-hydrogen) atoms. The standard InChI is InChI=1S/C7H12O.2C2H6/c1-4-7(3)6-8-5-2;2*1-2/h5-6H,2,4H2,1,3H3;2*1-2H3/b7-6-;;. The molecule has 0 bridgehead atoms. The fraction of sp³-hybridized carbons (Fsp3) is 0.636. The van der Waals surface area contributed by atoms with Gasteiger partial charge in [0, 0.05) is 0 Å². The number of hydrogen-bond donors (Lipinski definition) is 0. The zero-order chi connectivity index (χ0) is 10.4. The average Bonchev–Trinajstić information content (AvgIpc) is 2.20. The van der Waals surface area contributed by atoms with Crippen molar-refractivity contribution in [2.75, 3.05) is 0 Å². The van der Waals surface area contributed by atoms with Crippen molar-refractivity contribution in [2.45, 2.75) is 48.0 Å². The second-order valence-corrected chi connectivity index (χ2v) is 1.62. The molecular formula is C11H24O.